The van der Waals surface area contributed by atoms with E-state index in [2.05, 4.69) is 5.32 Å². The van der Waals surface area contributed by atoms with Crippen LogP contribution in [-0.2, 0) is 30.7 Å². The first-order valence-electron chi connectivity index (χ1n) is 15.7. The molecule has 0 spiro atoms. The van der Waals surface area contributed by atoms with Crippen molar-refractivity contribution in [3.63, 3.8) is 0 Å². The molecule has 0 radical (unpaired) electrons. The first-order valence-corrected chi connectivity index (χ1v) is 13.6. The zero-order valence-electron chi connectivity index (χ0n) is 27.7. The standard InChI is InChI=1S/C27H37N3O7S/c1-18(2)15-30(38(33,34)21-10-8-20(28)9-11-21)16-24(31)23(14-19-6-4-3-5-7-19)29-27(32)37-25-17-36-26-22(25)12-13-35-26/h3-11,18,22-26,31H,12-17,28H2,1-2H3,(H,29,32)/t22-,23-,24+,25-,26+/m0/s1/i1D3,2D3,18D. The lowest BCUT2D eigenvalue weighted by molar-refractivity contribution is -0.0907. The van der Waals surface area contributed by atoms with E-state index >= 15 is 0 Å². The van der Waals surface area contributed by atoms with Gasteiger partial charge in [-0.05, 0) is 48.6 Å². The number of nitrogen functional groups attached to an aromatic ring is 1. The summed E-state index contributed by atoms with van der Waals surface area (Å²) in [7, 11) is -4.71. The van der Waals surface area contributed by atoms with Crippen molar-refractivity contribution in [3.8, 4) is 0 Å². The Morgan fingerprint density at radius 1 is 1.21 bits per heavy atom. The molecule has 2 aromatic carbocycles. The van der Waals surface area contributed by atoms with Crippen molar-refractivity contribution in [2.24, 2.45) is 11.8 Å². The number of fused-ring (bicyclic) bond motifs is 1. The second kappa shape index (κ2) is 12.4. The molecule has 10 nitrogen and oxygen atoms in total. The maximum absolute atomic E-state index is 13.8. The zero-order chi connectivity index (χ0) is 33.2. The summed E-state index contributed by atoms with van der Waals surface area (Å²) in [5.41, 5.74) is 6.58. The fourth-order valence-corrected chi connectivity index (χ4v) is 6.00. The number of sulfonamides is 1. The molecule has 2 fully saturated rings. The Balaban J connectivity index is 1.64. The molecule has 2 aliphatic rings. The number of aliphatic hydroxyl groups is 1. The van der Waals surface area contributed by atoms with Crippen LogP contribution in [0.25, 0.3) is 0 Å². The number of nitrogens with one attached hydrogen (secondary N) is 1. The first-order chi connectivity index (χ1) is 20.9. The molecule has 0 aromatic heterocycles. The van der Waals surface area contributed by atoms with Crippen LogP contribution in [0.2, 0.25) is 0 Å². The van der Waals surface area contributed by atoms with Crippen LogP contribution in [0.3, 0.4) is 0 Å². The van der Waals surface area contributed by atoms with E-state index in [1.807, 2.05) is 0 Å². The number of nitrogens with two attached hydrogens (primary N) is 1. The molecule has 5 atom stereocenters. The van der Waals surface area contributed by atoms with Gasteiger partial charge in [-0.3, -0.25) is 0 Å². The third kappa shape index (κ3) is 7.03. The first kappa shape index (κ1) is 20.2. The van der Waals surface area contributed by atoms with Crippen molar-refractivity contribution < 1.29 is 42.1 Å². The minimum absolute atomic E-state index is 0.00619. The molecule has 0 saturated carbocycles. The Morgan fingerprint density at radius 2 is 1.95 bits per heavy atom. The van der Waals surface area contributed by atoms with Crippen LogP contribution in [0.1, 0.15) is 35.3 Å². The van der Waals surface area contributed by atoms with E-state index in [1.54, 1.807) is 30.3 Å². The fourth-order valence-electron chi connectivity index (χ4n) is 4.57. The van der Waals surface area contributed by atoms with Crippen LogP contribution in [0.4, 0.5) is 10.5 Å². The average molecular weight is 555 g/mol. The number of benzene rings is 2. The van der Waals surface area contributed by atoms with Gasteiger partial charge in [0.15, 0.2) is 6.29 Å². The van der Waals surface area contributed by atoms with Crippen LogP contribution < -0.4 is 11.1 Å². The molecular formula is C27H37N3O7S. The number of alkyl carbamates (subject to hydrolysis) is 1. The van der Waals surface area contributed by atoms with E-state index in [0.29, 0.717) is 22.9 Å². The molecule has 4 rings (SSSR count). The molecule has 2 aliphatic heterocycles. The molecular weight excluding hydrogens is 510 g/mol. The molecule has 4 N–H and O–H groups in total. The highest BCUT2D eigenvalue weighted by molar-refractivity contribution is 7.89. The summed E-state index contributed by atoms with van der Waals surface area (Å²) in [6.45, 7) is -8.53. The summed E-state index contributed by atoms with van der Waals surface area (Å²) in [5, 5.41) is 14.1. The minimum atomic E-state index is -4.71. The van der Waals surface area contributed by atoms with Crippen molar-refractivity contribution in [2.45, 2.75) is 56.0 Å². The number of aliphatic hydroxyl groups excluding tert-OH is 1. The smallest absolute Gasteiger partial charge is 0.407 e. The second-order valence-electron chi connectivity index (χ2n) is 9.32. The van der Waals surface area contributed by atoms with Gasteiger partial charge in [0.25, 0.3) is 0 Å². The number of rotatable bonds is 11. The monoisotopic (exact) mass is 554 g/mol. The van der Waals surface area contributed by atoms with Gasteiger partial charge in [0.1, 0.15) is 6.10 Å². The Hall–Kier alpha value is -2.70. The van der Waals surface area contributed by atoms with E-state index in [0.717, 1.165) is 12.1 Å². The number of hydrogen-bond donors (Lipinski definition) is 3. The molecule has 208 valence electrons. The normalized spacial score (nSPS) is 26.5. The van der Waals surface area contributed by atoms with Gasteiger partial charge in [-0.1, -0.05) is 44.0 Å². The SMILES string of the molecule is [2H]C([2H])([2H])C([2H])(CN(C[C@@H](O)[C@H](Cc1ccccc1)NC(=O)O[C@H]1CO[C@H]2OCC[C@H]21)S(=O)(=O)c1ccc(N)cc1)C([2H])([2H])[2H]. The highest BCUT2D eigenvalue weighted by atomic mass is 32.2. The summed E-state index contributed by atoms with van der Waals surface area (Å²) in [5.74, 6) is -3.44. The molecule has 1 amide bonds. The molecule has 2 aromatic rings. The molecule has 0 bridgehead atoms. The fraction of sp³-hybridized carbons (Fsp3) is 0.519. The van der Waals surface area contributed by atoms with E-state index < -0.39 is 73.3 Å². The lowest BCUT2D eigenvalue weighted by Gasteiger charge is -2.31. The van der Waals surface area contributed by atoms with Crippen molar-refractivity contribution in [3.05, 3.63) is 60.2 Å². The molecule has 11 heteroatoms. The van der Waals surface area contributed by atoms with Crippen molar-refractivity contribution in [1.29, 1.82) is 0 Å². The van der Waals surface area contributed by atoms with Crippen LogP contribution in [0.5, 0.6) is 0 Å². The van der Waals surface area contributed by atoms with Gasteiger partial charge in [-0.2, -0.15) is 4.31 Å². The van der Waals surface area contributed by atoms with Gasteiger partial charge in [0, 0.05) is 28.4 Å². The Kier molecular flexibility index (Phi) is 6.62. The maximum atomic E-state index is 13.8. The van der Waals surface area contributed by atoms with Gasteiger partial charge in [-0.25, -0.2) is 13.2 Å². The van der Waals surface area contributed by atoms with E-state index in [4.69, 9.17) is 29.5 Å². The quantitative estimate of drug-likeness (QED) is 0.360. The van der Waals surface area contributed by atoms with E-state index in [1.165, 1.54) is 12.1 Å². The Morgan fingerprint density at radius 3 is 2.66 bits per heavy atom. The number of carbonyl (C=O) groups is 1. The third-order valence-electron chi connectivity index (χ3n) is 6.55. The van der Waals surface area contributed by atoms with Crippen molar-refractivity contribution >= 4 is 21.8 Å². The average Bonchev–Trinajstić information content (AvgIpc) is 3.57. The number of carbonyl (C=O) groups excluding carboxylic acids is 1. The van der Waals surface area contributed by atoms with Gasteiger partial charge >= 0.3 is 6.09 Å². The summed E-state index contributed by atoms with van der Waals surface area (Å²) in [6, 6.07) is 12.3. The van der Waals surface area contributed by atoms with E-state index in [-0.39, 0.29) is 29.5 Å². The summed E-state index contributed by atoms with van der Waals surface area (Å²) < 4.78 is 100. The Labute approximate surface area is 233 Å². The summed E-state index contributed by atoms with van der Waals surface area (Å²) in [6.07, 6.45) is -3.11. The van der Waals surface area contributed by atoms with Crippen LogP contribution >= 0.6 is 0 Å². The van der Waals surface area contributed by atoms with Gasteiger partial charge in [0.2, 0.25) is 10.0 Å². The summed E-state index contributed by atoms with van der Waals surface area (Å²) in [4.78, 5) is 12.7. The second-order valence-corrected chi connectivity index (χ2v) is 11.3. The minimum Gasteiger partial charge on any atom is -0.443 e. The molecule has 0 aliphatic carbocycles. The lowest BCUT2D eigenvalue weighted by atomic mass is 10.0. The predicted molar refractivity (Wildman–Crippen MR) is 142 cm³/mol. The van der Waals surface area contributed by atoms with Gasteiger partial charge in [0.05, 0.1) is 36.2 Å². The largest absolute Gasteiger partial charge is 0.443 e. The lowest BCUT2D eigenvalue weighted by Crippen LogP contribution is -2.51. The van der Waals surface area contributed by atoms with E-state index in [9.17, 15) is 18.3 Å². The zero-order valence-corrected chi connectivity index (χ0v) is 21.5. The van der Waals surface area contributed by atoms with Crippen molar-refractivity contribution in [2.75, 3.05) is 32.0 Å². The van der Waals surface area contributed by atoms with Crippen LogP contribution in [0, 0.1) is 11.8 Å². The highest BCUT2D eigenvalue weighted by Gasteiger charge is 2.44. The Bertz CT molecular complexity index is 1400. The predicted octanol–water partition coefficient (Wildman–Crippen LogP) is 2.38. The van der Waals surface area contributed by atoms with Crippen LogP contribution in [-0.4, -0.2) is 74.8 Å². The van der Waals surface area contributed by atoms with Crippen molar-refractivity contribution in [1.82, 2.24) is 9.62 Å². The number of hydrogen-bond acceptors (Lipinski definition) is 8. The molecule has 0 unspecified atom stereocenters. The van der Waals surface area contributed by atoms with Crippen LogP contribution in [0.15, 0.2) is 59.5 Å². The number of ether oxygens (including phenoxy) is 3. The maximum Gasteiger partial charge on any atom is 0.407 e. The van der Waals surface area contributed by atoms with Gasteiger partial charge < -0.3 is 30.4 Å². The molecule has 2 heterocycles. The molecule has 2 saturated heterocycles. The number of amides is 1. The number of nitrogens with zero attached hydrogens (tertiary/aromatic N) is 1. The summed E-state index contributed by atoms with van der Waals surface area (Å²) >= 11 is 0. The van der Waals surface area contributed by atoms with Gasteiger partial charge in [-0.15, -0.1) is 0 Å². The third-order valence-corrected chi connectivity index (χ3v) is 8.38. The number of anilines is 1. The molecule has 38 heavy (non-hydrogen) atoms. The topological polar surface area (TPSA) is 140 Å². The highest BCUT2D eigenvalue weighted by Crippen LogP contribution is 2.33.